The predicted octanol–water partition coefficient (Wildman–Crippen LogP) is 4.20. The Kier molecular flexibility index (Phi) is 4.31. The molecular weight excluding hydrogens is 248 g/mol. The summed E-state index contributed by atoms with van der Waals surface area (Å²) < 4.78 is 12.1. The third-order valence-corrected chi connectivity index (χ3v) is 4.12. The second-order valence-corrected chi connectivity index (χ2v) is 5.30. The molecular formula is C15H21ClO2. The van der Waals surface area contributed by atoms with Gasteiger partial charge in [0.05, 0.1) is 12.2 Å². The maximum atomic E-state index is 6.19. The van der Waals surface area contributed by atoms with E-state index in [0.717, 1.165) is 29.8 Å². The molecule has 1 saturated heterocycles. The fourth-order valence-corrected chi connectivity index (χ4v) is 2.70. The molecule has 2 nitrogen and oxygen atoms in total. The molecule has 18 heavy (non-hydrogen) atoms. The Morgan fingerprint density at radius 2 is 1.83 bits per heavy atom. The molecule has 2 rings (SSSR count). The minimum atomic E-state index is -0.397. The third-order valence-electron chi connectivity index (χ3n) is 3.75. The first kappa shape index (κ1) is 13.9. The van der Waals surface area contributed by atoms with Gasteiger partial charge < -0.3 is 9.47 Å². The first-order valence-corrected chi connectivity index (χ1v) is 7.07. The molecule has 1 aliphatic rings. The number of hydrogen-bond donors (Lipinski definition) is 0. The zero-order valence-electron chi connectivity index (χ0n) is 11.3. The number of hydrogen-bond acceptors (Lipinski definition) is 2. The number of ether oxygens (including phenoxy) is 2. The van der Waals surface area contributed by atoms with Crippen molar-refractivity contribution < 1.29 is 9.47 Å². The zero-order valence-corrected chi connectivity index (χ0v) is 12.0. The standard InChI is InChI=1S/C15H21ClO2/c1-4-15(5-2)17-11(3)14(18-15)10-12-8-6-7-9-13(12)16/h6-9,11,14H,4-5,10H2,1-3H3/t11-,14+/m1/s1. The molecule has 0 bridgehead atoms. The van der Waals surface area contributed by atoms with E-state index in [1.165, 1.54) is 0 Å². The molecule has 1 aromatic carbocycles. The molecule has 0 aliphatic carbocycles. The fraction of sp³-hybridized carbons (Fsp3) is 0.600. The first-order chi connectivity index (χ1) is 8.60. The lowest BCUT2D eigenvalue weighted by atomic mass is 10.0. The van der Waals surface area contributed by atoms with Gasteiger partial charge in [-0.2, -0.15) is 0 Å². The van der Waals surface area contributed by atoms with E-state index in [0.29, 0.717) is 0 Å². The lowest BCUT2D eigenvalue weighted by Gasteiger charge is -2.25. The lowest BCUT2D eigenvalue weighted by molar-refractivity contribution is -0.177. The summed E-state index contributed by atoms with van der Waals surface area (Å²) in [6, 6.07) is 7.93. The summed E-state index contributed by atoms with van der Waals surface area (Å²) in [5, 5.41) is 0.804. The first-order valence-electron chi connectivity index (χ1n) is 6.69. The minimum Gasteiger partial charge on any atom is -0.344 e. The van der Waals surface area contributed by atoms with Gasteiger partial charge in [0.25, 0.3) is 0 Å². The smallest absolute Gasteiger partial charge is 0.168 e. The van der Waals surface area contributed by atoms with Crippen molar-refractivity contribution in [3.8, 4) is 0 Å². The largest absolute Gasteiger partial charge is 0.344 e. The number of halogens is 1. The van der Waals surface area contributed by atoms with E-state index in [9.17, 15) is 0 Å². The van der Waals surface area contributed by atoms with Crippen LogP contribution in [0, 0.1) is 0 Å². The van der Waals surface area contributed by atoms with Crippen LogP contribution >= 0.6 is 11.6 Å². The molecule has 0 radical (unpaired) electrons. The van der Waals surface area contributed by atoms with Crippen LogP contribution in [0.4, 0.5) is 0 Å². The molecule has 2 atom stereocenters. The van der Waals surface area contributed by atoms with Gasteiger partial charge in [-0.1, -0.05) is 43.6 Å². The summed E-state index contributed by atoms with van der Waals surface area (Å²) in [4.78, 5) is 0. The Bertz CT molecular complexity index is 401. The topological polar surface area (TPSA) is 18.5 Å². The SMILES string of the molecule is CCC1(CC)O[C@@H](Cc2ccccc2Cl)[C@@H](C)O1. The van der Waals surface area contributed by atoms with Gasteiger partial charge in [0.2, 0.25) is 0 Å². The molecule has 100 valence electrons. The molecule has 3 heteroatoms. The highest BCUT2D eigenvalue weighted by Gasteiger charge is 2.43. The van der Waals surface area contributed by atoms with Gasteiger partial charge >= 0.3 is 0 Å². The van der Waals surface area contributed by atoms with Gasteiger partial charge in [-0.05, 0) is 31.4 Å². The maximum absolute atomic E-state index is 6.19. The second kappa shape index (κ2) is 5.60. The van der Waals surface area contributed by atoms with Crippen molar-refractivity contribution in [2.75, 3.05) is 0 Å². The Morgan fingerprint density at radius 1 is 1.17 bits per heavy atom. The summed E-state index contributed by atoms with van der Waals surface area (Å²) in [6.45, 7) is 6.29. The van der Waals surface area contributed by atoms with Crippen LogP contribution in [0.25, 0.3) is 0 Å². The van der Waals surface area contributed by atoms with Crippen molar-refractivity contribution in [3.63, 3.8) is 0 Å². The van der Waals surface area contributed by atoms with Crippen LogP contribution in [0.2, 0.25) is 5.02 Å². The summed E-state index contributed by atoms with van der Waals surface area (Å²) in [7, 11) is 0. The fourth-order valence-electron chi connectivity index (χ4n) is 2.49. The van der Waals surface area contributed by atoms with Crippen LogP contribution in [0.5, 0.6) is 0 Å². The molecule has 0 aromatic heterocycles. The van der Waals surface area contributed by atoms with Crippen LogP contribution in [-0.2, 0) is 15.9 Å². The Hall–Kier alpha value is -0.570. The van der Waals surface area contributed by atoms with Gasteiger partial charge in [0.1, 0.15) is 0 Å². The van der Waals surface area contributed by atoms with Crippen LogP contribution in [-0.4, -0.2) is 18.0 Å². The van der Waals surface area contributed by atoms with Crippen LogP contribution < -0.4 is 0 Å². The highest BCUT2D eigenvalue weighted by molar-refractivity contribution is 6.31. The molecule has 1 aliphatic heterocycles. The van der Waals surface area contributed by atoms with Gasteiger partial charge in [0, 0.05) is 11.4 Å². The van der Waals surface area contributed by atoms with Crippen molar-refractivity contribution in [2.24, 2.45) is 0 Å². The van der Waals surface area contributed by atoms with Gasteiger partial charge in [0.15, 0.2) is 5.79 Å². The quantitative estimate of drug-likeness (QED) is 0.815. The number of benzene rings is 1. The van der Waals surface area contributed by atoms with Crippen molar-refractivity contribution >= 4 is 11.6 Å². The predicted molar refractivity (Wildman–Crippen MR) is 73.9 cm³/mol. The number of rotatable bonds is 4. The van der Waals surface area contributed by atoms with Crippen LogP contribution in [0.1, 0.15) is 39.2 Å². The van der Waals surface area contributed by atoms with E-state index in [1.54, 1.807) is 0 Å². The minimum absolute atomic E-state index is 0.0878. The third kappa shape index (κ3) is 2.71. The molecule has 0 saturated carbocycles. The lowest BCUT2D eigenvalue weighted by Crippen LogP contribution is -2.29. The van der Waals surface area contributed by atoms with E-state index in [1.807, 2.05) is 18.2 Å². The summed E-state index contributed by atoms with van der Waals surface area (Å²) in [5.74, 6) is -0.397. The highest BCUT2D eigenvalue weighted by Crippen LogP contribution is 2.36. The van der Waals surface area contributed by atoms with Gasteiger partial charge in [-0.25, -0.2) is 0 Å². The van der Waals surface area contributed by atoms with Crippen LogP contribution in [0.15, 0.2) is 24.3 Å². The Labute approximate surface area is 114 Å². The highest BCUT2D eigenvalue weighted by atomic mass is 35.5. The maximum Gasteiger partial charge on any atom is 0.168 e. The molecule has 1 heterocycles. The Morgan fingerprint density at radius 3 is 2.39 bits per heavy atom. The molecule has 0 spiro atoms. The monoisotopic (exact) mass is 268 g/mol. The molecule has 1 aromatic rings. The second-order valence-electron chi connectivity index (χ2n) is 4.89. The van der Waals surface area contributed by atoms with Crippen molar-refractivity contribution in [3.05, 3.63) is 34.9 Å². The summed E-state index contributed by atoms with van der Waals surface area (Å²) in [6.07, 6.45) is 2.77. The average Bonchev–Trinajstić information content (AvgIpc) is 2.70. The van der Waals surface area contributed by atoms with Crippen LogP contribution in [0.3, 0.4) is 0 Å². The average molecular weight is 269 g/mol. The van der Waals surface area contributed by atoms with E-state index in [-0.39, 0.29) is 12.2 Å². The Balaban J connectivity index is 2.09. The molecule has 0 amide bonds. The molecule has 1 fully saturated rings. The normalized spacial score (nSPS) is 26.4. The van der Waals surface area contributed by atoms with E-state index in [4.69, 9.17) is 21.1 Å². The molecule has 0 N–H and O–H groups in total. The zero-order chi connectivity index (χ0) is 13.2. The molecule has 0 unspecified atom stereocenters. The van der Waals surface area contributed by atoms with Gasteiger partial charge in [-0.3, -0.25) is 0 Å². The van der Waals surface area contributed by atoms with Crippen molar-refractivity contribution in [1.29, 1.82) is 0 Å². The van der Waals surface area contributed by atoms with Crippen molar-refractivity contribution in [1.82, 2.24) is 0 Å². The summed E-state index contributed by atoms with van der Waals surface area (Å²) in [5.41, 5.74) is 1.13. The summed E-state index contributed by atoms with van der Waals surface area (Å²) >= 11 is 6.19. The van der Waals surface area contributed by atoms with E-state index >= 15 is 0 Å². The van der Waals surface area contributed by atoms with E-state index in [2.05, 4.69) is 26.8 Å². The van der Waals surface area contributed by atoms with Gasteiger partial charge in [-0.15, -0.1) is 0 Å². The van der Waals surface area contributed by atoms with Crippen molar-refractivity contribution in [2.45, 2.75) is 58.0 Å². The van der Waals surface area contributed by atoms with E-state index < -0.39 is 5.79 Å².